The lowest BCUT2D eigenvalue weighted by molar-refractivity contribution is -0.425. The van der Waals surface area contributed by atoms with E-state index >= 15 is 0 Å². The van der Waals surface area contributed by atoms with E-state index in [1.165, 1.54) is 15.8 Å². The van der Waals surface area contributed by atoms with Crippen LogP contribution in [0.5, 0.6) is 5.75 Å². The third-order valence-electron chi connectivity index (χ3n) is 8.12. The van der Waals surface area contributed by atoms with Gasteiger partial charge >= 0.3 is 6.03 Å². The number of hydrogen-bond acceptors (Lipinski definition) is 6. The van der Waals surface area contributed by atoms with Gasteiger partial charge in [0.25, 0.3) is 5.91 Å². The summed E-state index contributed by atoms with van der Waals surface area (Å²) < 4.78 is 12.8. The van der Waals surface area contributed by atoms with E-state index in [0.29, 0.717) is 16.9 Å². The highest BCUT2D eigenvalue weighted by molar-refractivity contribution is 6.01. The fourth-order valence-electron chi connectivity index (χ4n) is 5.71. The number of nitrogens with one attached hydrogen (secondary N) is 1. The third-order valence-corrected chi connectivity index (χ3v) is 8.12. The molecule has 0 saturated carbocycles. The smallest absolute Gasteiger partial charge is 0.486 e. The molecule has 2 atom stereocenters. The molecule has 4 aliphatic rings. The molecule has 1 unspecified atom stereocenters. The minimum atomic E-state index is -0.822. The fourth-order valence-corrected chi connectivity index (χ4v) is 5.71. The molecular formula is C29H34N5O4+. The normalized spacial score (nSPS) is 23.8. The van der Waals surface area contributed by atoms with Crippen LogP contribution in [0, 0.1) is 18.3 Å². The van der Waals surface area contributed by atoms with Gasteiger partial charge in [0.05, 0.1) is 17.8 Å². The second-order valence-electron chi connectivity index (χ2n) is 10.9. The Morgan fingerprint density at radius 3 is 2.68 bits per heavy atom. The lowest BCUT2D eigenvalue weighted by Gasteiger charge is -2.53. The number of carbonyl (C=O) groups excluding carboxylic acids is 2. The summed E-state index contributed by atoms with van der Waals surface area (Å²) in [5, 5.41) is 7.06. The van der Waals surface area contributed by atoms with Crippen molar-refractivity contribution in [3.8, 4) is 5.75 Å². The molecule has 9 nitrogen and oxygen atoms in total. The summed E-state index contributed by atoms with van der Waals surface area (Å²) in [7, 11) is 1.73. The van der Waals surface area contributed by atoms with Gasteiger partial charge in [-0.05, 0) is 49.9 Å². The molecule has 0 radical (unpaired) electrons. The first-order valence-electron chi connectivity index (χ1n) is 13.3. The summed E-state index contributed by atoms with van der Waals surface area (Å²) in [5.41, 5.74) is 4.53. The van der Waals surface area contributed by atoms with Gasteiger partial charge < -0.3 is 19.3 Å². The molecule has 9 heteroatoms. The van der Waals surface area contributed by atoms with Gasteiger partial charge in [-0.15, -0.1) is 0 Å². The fraction of sp³-hybridized carbons (Fsp3) is 0.448. The van der Waals surface area contributed by atoms with Crippen molar-refractivity contribution in [2.75, 3.05) is 49.8 Å². The maximum absolute atomic E-state index is 13.3. The maximum atomic E-state index is 13.3. The first-order valence-corrected chi connectivity index (χ1v) is 13.3. The van der Waals surface area contributed by atoms with E-state index in [9.17, 15) is 9.59 Å². The summed E-state index contributed by atoms with van der Waals surface area (Å²) in [6.07, 6.45) is 6.49. The number of benzene rings is 2. The lowest BCUT2D eigenvalue weighted by atomic mass is 9.73. The number of ether oxygens (including phenoxy) is 2. The van der Waals surface area contributed by atoms with Gasteiger partial charge in [-0.3, -0.25) is 4.79 Å². The van der Waals surface area contributed by atoms with Crippen LogP contribution in [0.15, 0.2) is 47.6 Å². The Balaban J connectivity index is 1.09. The second kappa shape index (κ2) is 9.87. The molecule has 0 bridgehead atoms. The summed E-state index contributed by atoms with van der Waals surface area (Å²) in [6, 6.07) is 13.0. The predicted molar refractivity (Wildman–Crippen MR) is 146 cm³/mol. The van der Waals surface area contributed by atoms with Crippen LogP contribution in [0.1, 0.15) is 24.0 Å². The Kier molecular flexibility index (Phi) is 6.39. The minimum absolute atomic E-state index is 0.0108. The number of urea groups is 1. The molecule has 0 aromatic heterocycles. The average molecular weight is 517 g/mol. The van der Waals surface area contributed by atoms with Crippen molar-refractivity contribution in [3.05, 3.63) is 53.6 Å². The van der Waals surface area contributed by atoms with Crippen LogP contribution in [0.4, 0.5) is 16.2 Å². The predicted octanol–water partition coefficient (Wildman–Crippen LogP) is 2.99. The van der Waals surface area contributed by atoms with Crippen LogP contribution < -0.4 is 19.9 Å². The third kappa shape index (κ3) is 4.78. The quantitative estimate of drug-likeness (QED) is 0.632. The van der Waals surface area contributed by atoms with Crippen molar-refractivity contribution in [3.63, 3.8) is 0 Å². The zero-order chi connectivity index (χ0) is 26.3. The zero-order valence-electron chi connectivity index (χ0n) is 21.9. The van der Waals surface area contributed by atoms with Crippen molar-refractivity contribution < 1.29 is 23.7 Å². The molecule has 3 amide bonds. The number of hydrogen-bond donors (Lipinski definition) is 1. The molecule has 198 valence electrons. The number of fused-ring (bicyclic) bond motifs is 1. The van der Waals surface area contributed by atoms with Crippen molar-refractivity contribution >= 4 is 35.7 Å². The van der Waals surface area contributed by atoms with Crippen molar-refractivity contribution in [2.24, 2.45) is 16.4 Å². The van der Waals surface area contributed by atoms with Gasteiger partial charge in [0, 0.05) is 44.5 Å². The maximum Gasteiger partial charge on any atom is 0.517 e. The molecule has 4 aliphatic heterocycles. The van der Waals surface area contributed by atoms with Crippen LogP contribution in [-0.4, -0.2) is 75.1 Å². The molecule has 2 fully saturated rings. The van der Waals surface area contributed by atoms with Crippen LogP contribution in [-0.2, 0) is 16.0 Å². The van der Waals surface area contributed by atoms with Gasteiger partial charge in [-0.1, -0.05) is 39.6 Å². The van der Waals surface area contributed by atoms with Crippen molar-refractivity contribution in [1.29, 1.82) is 0 Å². The number of carbonyl (C=O) groups is 2. The lowest BCUT2D eigenvalue weighted by Crippen LogP contribution is -2.58. The standard InChI is InChI=1S/C29H33N5O4/c1-20-3-5-21(6-4-20)13-22-15-30-34(16-22)28(36)31-24-17-38-26-8-7-23(14-25(26)32(2)27(24)35)33-18-29(19-33)9-11-37-12-10-29/h3-8,14-16,22,24H,9-13,17-19H2,1-2H3/p+1/t22?,24-/m1/s1. The number of likely N-dealkylation sites (N-methyl/N-ethyl adjacent to an activating group) is 1. The largest absolute Gasteiger partial charge is 0.517 e. The molecule has 38 heavy (non-hydrogen) atoms. The highest BCUT2D eigenvalue weighted by atomic mass is 16.5. The van der Waals surface area contributed by atoms with E-state index in [0.717, 1.165) is 51.3 Å². The van der Waals surface area contributed by atoms with E-state index in [1.54, 1.807) is 24.4 Å². The van der Waals surface area contributed by atoms with E-state index in [1.807, 2.05) is 18.2 Å². The first-order chi connectivity index (χ1) is 18.4. The molecule has 6 rings (SSSR count). The van der Waals surface area contributed by atoms with E-state index < -0.39 is 12.1 Å². The van der Waals surface area contributed by atoms with E-state index in [2.05, 4.69) is 46.5 Å². The molecule has 1 N–H and O–H groups in total. The van der Waals surface area contributed by atoms with Gasteiger partial charge in [0.2, 0.25) is 6.04 Å². The highest BCUT2D eigenvalue weighted by Crippen LogP contribution is 2.44. The molecule has 2 aromatic rings. The number of anilines is 2. The molecule has 2 aromatic carbocycles. The van der Waals surface area contributed by atoms with Crippen molar-refractivity contribution in [1.82, 2.24) is 5.32 Å². The second-order valence-corrected chi connectivity index (χ2v) is 10.9. The van der Waals surface area contributed by atoms with Crippen molar-refractivity contribution in [2.45, 2.75) is 32.2 Å². The number of hydrazone groups is 1. The number of rotatable bonds is 4. The Labute approximate surface area is 222 Å². The van der Waals surface area contributed by atoms with E-state index in [4.69, 9.17) is 9.47 Å². The Morgan fingerprint density at radius 2 is 1.92 bits per heavy atom. The van der Waals surface area contributed by atoms with Crippen LogP contribution in [0.3, 0.4) is 0 Å². The van der Waals surface area contributed by atoms with Gasteiger partial charge in [0.1, 0.15) is 18.6 Å². The molecule has 4 heterocycles. The number of nitrogens with zero attached hydrogens (tertiary/aromatic N) is 4. The summed E-state index contributed by atoms with van der Waals surface area (Å²) in [5.74, 6) is 0.418. The highest BCUT2D eigenvalue weighted by Gasteiger charge is 2.44. The first kappa shape index (κ1) is 24.6. The minimum Gasteiger partial charge on any atom is -0.486 e. The summed E-state index contributed by atoms with van der Waals surface area (Å²) >= 11 is 0. The van der Waals surface area contributed by atoms with Crippen LogP contribution in [0.2, 0.25) is 0 Å². The van der Waals surface area contributed by atoms with Gasteiger partial charge in [0.15, 0.2) is 0 Å². The molecule has 2 saturated heterocycles. The van der Waals surface area contributed by atoms with Gasteiger partial charge in [-0.25, -0.2) is 5.32 Å². The Bertz CT molecular complexity index is 1290. The van der Waals surface area contributed by atoms with E-state index in [-0.39, 0.29) is 18.4 Å². The Hall–Kier alpha value is -3.72. The average Bonchev–Trinajstić information content (AvgIpc) is 3.35. The molecule has 0 aliphatic carbocycles. The van der Waals surface area contributed by atoms with Gasteiger partial charge in [-0.2, -0.15) is 4.79 Å². The van der Waals surface area contributed by atoms with Crippen LogP contribution >= 0.6 is 0 Å². The molecular weight excluding hydrogens is 482 g/mol. The topological polar surface area (TPSA) is 86.5 Å². The molecule has 1 spiro atoms. The summed E-state index contributed by atoms with van der Waals surface area (Å²) in [4.78, 5) is 30.2. The Morgan fingerprint density at radius 1 is 1.16 bits per heavy atom. The zero-order valence-corrected chi connectivity index (χ0v) is 21.9. The summed E-state index contributed by atoms with van der Waals surface area (Å²) in [6.45, 7) is 5.79. The number of amides is 3. The monoisotopic (exact) mass is 516 g/mol. The SMILES string of the molecule is Cc1ccc(CC2C=N[N+](C(=O)N[C@@H]3COc4ccc(N5CC6(CCOCC6)C5)cc4N(C)C3=O)=C2)cc1. The number of aryl methyl sites for hydroxylation is 1. The van der Waals surface area contributed by atoms with Crippen LogP contribution in [0.25, 0.3) is 0 Å².